The summed E-state index contributed by atoms with van der Waals surface area (Å²) in [5, 5.41) is 6.85. The summed E-state index contributed by atoms with van der Waals surface area (Å²) < 4.78 is 0. The molecule has 1 aliphatic carbocycles. The lowest BCUT2D eigenvalue weighted by Crippen LogP contribution is -2.55. The van der Waals surface area contributed by atoms with E-state index in [0.29, 0.717) is 6.54 Å². The number of primary amides is 1. The maximum atomic E-state index is 13.0. The summed E-state index contributed by atoms with van der Waals surface area (Å²) in [4.78, 5) is 26.2. The topological polar surface area (TPSA) is 118 Å². The molecule has 2 amide bonds. The summed E-state index contributed by atoms with van der Waals surface area (Å²) >= 11 is 0. The number of rotatable bonds is 3. The van der Waals surface area contributed by atoms with Crippen molar-refractivity contribution in [2.45, 2.75) is 56.9 Å². The van der Waals surface area contributed by atoms with E-state index >= 15 is 0 Å². The molecule has 0 spiro atoms. The third-order valence-corrected chi connectivity index (χ3v) is 5.58. The van der Waals surface area contributed by atoms with Gasteiger partial charge in [-0.1, -0.05) is 12.8 Å². The van der Waals surface area contributed by atoms with Gasteiger partial charge in [0.25, 0.3) is 5.91 Å². The third kappa shape index (κ3) is 3.31. The van der Waals surface area contributed by atoms with E-state index in [4.69, 9.17) is 11.5 Å². The van der Waals surface area contributed by atoms with Crippen molar-refractivity contribution < 1.29 is 9.59 Å². The minimum Gasteiger partial charge on any atom is -0.364 e. The number of hydrogen-bond donors (Lipinski definition) is 3. The Hall–Kier alpha value is -1.89. The summed E-state index contributed by atoms with van der Waals surface area (Å²) in [5.41, 5.74) is 12.4. The van der Waals surface area contributed by atoms with Gasteiger partial charge in [0.15, 0.2) is 0 Å². The number of carbonyl (C=O) groups excluding carboxylic acids is 2. The number of nitrogens with one attached hydrogen (secondary N) is 1. The molecule has 3 atom stereocenters. The van der Waals surface area contributed by atoms with Crippen molar-refractivity contribution in [2.24, 2.45) is 17.4 Å². The third-order valence-electron chi connectivity index (χ3n) is 5.58. The lowest BCUT2D eigenvalue weighted by atomic mass is 9.73. The fraction of sp³-hybridized carbons (Fsp3) is 0.706. The largest absolute Gasteiger partial charge is 0.364 e. The monoisotopic (exact) mass is 333 g/mol. The predicted molar refractivity (Wildman–Crippen MR) is 90.2 cm³/mol. The average Bonchev–Trinajstić information content (AvgIpc) is 3.04. The zero-order chi connectivity index (χ0) is 17.3. The second-order valence-corrected chi connectivity index (χ2v) is 7.50. The number of aromatic amines is 1. The minimum atomic E-state index is -0.539. The van der Waals surface area contributed by atoms with Crippen LogP contribution in [0.15, 0.2) is 6.07 Å². The van der Waals surface area contributed by atoms with Gasteiger partial charge in [-0.15, -0.1) is 0 Å². The van der Waals surface area contributed by atoms with Crippen LogP contribution >= 0.6 is 0 Å². The Morgan fingerprint density at radius 2 is 2.12 bits per heavy atom. The molecule has 24 heavy (non-hydrogen) atoms. The molecule has 5 N–H and O–H groups in total. The second kappa shape index (κ2) is 6.55. The van der Waals surface area contributed by atoms with Gasteiger partial charge in [-0.3, -0.25) is 14.7 Å². The van der Waals surface area contributed by atoms with Crippen LogP contribution in [0.2, 0.25) is 0 Å². The highest BCUT2D eigenvalue weighted by Gasteiger charge is 2.40. The van der Waals surface area contributed by atoms with E-state index in [0.717, 1.165) is 50.8 Å². The average molecular weight is 333 g/mol. The van der Waals surface area contributed by atoms with Crippen molar-refractivity contribution in [3.63, 3.8) is 0 Å². The van der Waals surface area contributed by atoms with Crippen molar-refractivity contribution in [1.82, 2.24) is 15.1 Å². The van der Waals surface area contributed by atoms with Crippen LogP contribution in [-0.2, 0) is 4.79 Å². The van der Waals surface area contributed by atoms with Gasteiger partial charge in [0.05, 0.1) is 5.92 Å². The summed E-state index contributed by atoms with van der Waals surface area (Å²) in [6.45, 7) is 3.43. The van der Waals surface area contributed by atoms with E-state index in [1.165, 1.54) is 0 Å². The fourth-order valence-electron chi connectivity index (χ4n) is 4.09. The molecule has 2 aliphatic rings. The van der Waals surface area contributed by atoms with E-state index in [9.17, 15) is 9.59 Å². The molecule has 2 fully saturated rings. The highest BCUT2D eigenvalue weighted by molar-refractivity contribution is 5.90. The number of nitrogens with zero attached hydrogens (tertiary/aromatic N) is 2. The van der Waals surface area contributed by atoms with Crippen LogP contribution in [0.25, 0.3) is 0 Å². The van der Waals surface area contributed by atoms with Crippen molar-refractivity contribution in [1.29, 1.82) is 0 Å². The molecule has 7 nitrogen and oxygen atoms in total. The first-order valence-corrected chi connectivity index (χ1v) is 8.81. The zero-order valence-electron chi connectivity index (χ0n) is 14.3. The van der Waals surface area contributed by atoms with Gasteiger partial charge in [0, 0.05) is 30.2 Å². The quantitative estimate of drug-likeness (QED) is 0.768. The molecule has 132 valence electrons. The number of likely N-dealkylation sites (tertiary alicyclic amines) is 1. The summed E-state index contributed by atoms with van der Waals surface area (Å²) in [5.74, 6) is -0.287. The molecular weight excluding hydrogens is 306 g/mol. The standard InChI is InChI=1S/C17H27N5O2/c1-17(19)7-3-2-6-12(17)16(24)22-8-4-5-11(10-22)13-9-14(15(18)23)21-20-13/h9,11-12H,2-8,10,19H2,1H3,(H2,18,23)(H,20,21). The van der Waals surface area contributed by atoms with Crippen LogP contribution in [0.1, 0.15) is 67.5 Å². The molecular formula is C17H27N5O2. The second-order valence-electron chi connectivity index (χ2n) is 7.50. The van der Waals surface area contributed by atoms with Crippen LogP contribution in [0.4, 0.5) is 0 Å². The molecule has 0 radical (unpaired) electrons. The van der Waals surface area contributed by atoms with Crippen LogP contribution in [0.5, 0.6) is 0 Å². The van der Waals surface area contributed by atoms with Crippen molar-refractivity contribution >= 4 is 11.8 Å². The van der Waals surface area contributed by atoms with Crippen LogP contribution in [0.3, 0.4) is 0 Å². The van der Waals surface area contributed by atoms with Gasteiger partial charge in [-0.25, -0.2) is 0 Å². The van der Waals surface area contributed by atoms with Crippen LogP contribution < -0.4 is 11.5 Å². The molecule has 1 saturated heterocycles. The Bertz CT molecular complexity index is 624. The lowest BCUT2D eigenvalue weighted by Gasteiger charge is -2.42. The Balaban J connectivity index is 1.70. The molecule has 2 heterocycles. The zero-order valence-corrected chi connectivity index (χ0v) is 14.3. The first-order chi connectivity index (χ1) is 11.4. The Morgan fingerprint density at radius 1 is 1.33 bits per heavy atom. The highest BCUT2D eigenvalue weighted by Crippen LogP contribution is 2.35. The van der Waals surface area contributed by atoms with Crippen molar-refractivity contribution in [3.05, 3.63) is 17.5 Å². The lowest BCUT2D eigenvalue weighted by molar-refractivity contribution is -0.140. The minimum absolute atomic E-state index is 0.0899. The van der Waals surface area contributed by atoms with Gasteiger partial charge in [-0.05, 0) is 38.7 Å². The van der Waals surface area contributed by atoms with E-state index in [1.54, 1.807) is 6.07 Å². The molecule has 1 aromatic heterocycles. The van der Waals surface area contributed by atoms with Crippen molar-refractivity contribution in [2.75, 3.05) is 13.1 Å². The molecule has 7 heteroatoms. The number of amides is 2. The van der Waals surface area contributed by atoms with E-state index < -0.39 is 11.4 Å². The Labute approximate surface area is 142 Å². The molecule has 1 saturated carbocycles. The molecule has 1 aromatic rings. The first-order valence-electron chi connectivity index (χ1n) is 8.81. The van der Waals surface area contributed by atoms with Crippen LogP contribution in [0, 0.1) is 5.92 Å². The van der Waals surface area contributed by atoms with E-state index in [2.05, 4.69) is 10.2 Å². The van der Waals surface area contributed by atoms with Gasteiger partial charge < -0.3 is 16.4 Å². The van der Waals surface area contributed by atoms with Gasteiger partial charge in [0.2, 0.25) is 5.91 Å². The number of carbonyl (C=O) groups is 2. The number of nitrogens with two attached hydrogens (primary N) is 2. The number of piperidine rings is 1. The number of aromatic nitrogens is 2. The van der Waals surface area contributed by atoms with Gasteiger partial charge in [-0.2, -0.15) is 5.10 Å². The number of hydrogen-bond acceptors (Lipinski definition) is 4. The maximum absolute atomic E-state index is 13.0. The normalized spacial score (nSPS) is 31.0. The molecule has 3 unspecified atom stereocenters. The molecule has 0 aromatic carbocycles. The fourth-order valence-corrected chi connectivity index (χ4v) is 4.09. The summed E-state index contributed by atoms with van der Waals surface area (Å²) in [6, 6.07) is 1.70. The van der Waals surface area contributed by atoms with Crippen molar-refractivity contribution in [3.8, 4) is 0 Å². The Morgan fingerprint density at radius 3 is 2.79 bits per heavy atom. The van der Waals surface area contributed by atoms with E-state index in [1.807, 2.05) is 11.8 Å². The SMILES string of the molecule is CC1(N)CCCCC1C(=O)N1CCCC(c2cc(C(N)=O)n[nH]2)C1. The number of H-pyrrole nitrogens is 1. The smallest absolute Gasteiger partial charge is 0.269 e. The summed E-state index contributed by atoms with van der Waals surface area (Å²) in [6.07, 6.45) is 5.86. The van der Waals surface area contributed by atoms with Gasteiger partial charge >= 0.3 is 0 Å². The molecule has 1 aliphatic heterocycles. The van der Waals surface area contributed by atoms with E-state index in [-0.39, 0.29) is 23.4 Å². The Kier molecular flexibility index (Phi) is 4.62. The summed E-state index contributed by atoms with van der Waals surface area (Å²) in [7, 11) is 0. The van der Waals surface area contributed by atoms with Gasteiger partial charge in [0.1, 0.15) is 5.69 Å². The molecule has 3 rings (SSSR count). The highest BCUT2D eigenvalue weighted by atomic mass is 16.2. The first kappa shape index (κ1) is 17.0. The molecule has 0 bridgehead atoms. The maximum Gasteiger partial charge on any atom is 0.269 e. The predicted octanol–water partition coefficient (Wildman–Crippen LogP) is 1.12. The van der Waals surface area contributed by atoms with Crippen LogP contribution in [-0.4, -0.2) is 45.5 Å².